The van der Waals surface area contributed by atoms with E-state index < -0.39 is 12.8 Å². The van der Waals surface area contributed by atoms with Gasteiger partial charge in [-0.15, -0.1) is 0 Å². The molecule has 3 nitrogen and oxygen atoms in total. The normalized spacial score (nSPS) is 10.3. The molecule has 0 bridgehead atoms. The SMILES string of the molecule is CC(C)CCCCNC(=O)OCCF. The quantitative estimate of drug-likeness (QED) is 0.648. The van der Waals surface area contributed by atoms with E-state index in [4.69, 9.17) is 0 Å². The number of nitrogens with one attached hydrogen (secondary N) is 1. The highest BCUT2D eigenvalue weighted by molar-refractivity contribution is 5.66. The fourth-order valence-corrected chi connectivity index (χ4v) is 1.05. The van der Waals surface area contributed by atoms with Crippen LogP contribution in [0.3, 0.4) is 0 Å². The highest BCUT2D eigenvalue weighted by Gasteiger charge is 2.00. The van der Waals surface area contributed by atoms with E-state index in [1.807, 2.05) is 0 Å². The number of ether oxygens (including phenoxy) is 1. The molecule has 0 rings (SSSR count). The number of carbonyl (C=O) groups excluding carboxylic acids is 1. The summed E-state index contributed by atoms with van der Waals surface area (Å²) >= 11 is 0. The Labute approximate surface area is 85.0 Å². The second-order valence-electron chi connectivity index (χ2n) is 3.64. The van der Waals surface area contributed by atoms with Crippen LogP contribution in [0.4, 0.5) is 9.18 Å². The van der Waals surface area contributed by atoms with Gasteiger partial charge in [0, 0.05) is 6.54 Å². The van der Waals surface area contributed by atoms with Gasteiger partial charge in [0.1, 0.15) is 13.3 Å². The molecular formula is C10H20FNO2. The molecule has 0 aromatic rings. The van der Waals surface area contributed by atoms with Crippen molar-refractivity contribution in [2.24, 2.45) is 5.92 Å². The lowest BCUT2D eigenvalue weighted by Crippen LogP contribution is -2.26. The maximum absolute atomic E-state index is 11.6. The van der Waals surface area contributed by atoms with Crippen molar-refractivity contribution in [1.29, 1.82) is 0 Å². The van der Waals surface area contributed by atoms with Crippen molar-refractivity contribution in [3.05, 3.63) is 0 Å². The van der Waals surface area contributed by atoms with E-state index in [2.05, 4.69) is 23.9 Å². The Morgan fingerprint density at radius 1 is 1.43 bits per heavy atom. The van der Waals surface area contributed by atoms with Crippen LogP contribution in [0.5, 0.6) is 0 Å². The lowest BCUT2D eigenvalue weighted by Gasteiger charge is -2.06. The van der Waals surface area contributed by atoms with Gasteiger partial charge in [-0.05, 0) is 12.3 Å². The molecule has 4 heteroatoms. The lowest BCUT2D eigenvalue weighted by molar-refractivity contribution is 0.137. The van der Waals surface area contributed by atoms with Gasteiger partial charge in [0.05, 0.1) is 0 Å². The molecule has 14 heavy (non-hydrogen) atoms. The van der Waals surface area contributed by atoms with Crippen LogP contribution in [0.1, 0.15) is 33.1 Å². The summed E-state index contributed by atoms with van der Waals surface area (Å²) in [6.07, 6.45) is 2.69. The fraction of sp³-hybridized carbons (Fsp3) is 0.900. The number of alkyl carbamates (subject to hydrolysis) is 1. The van der Waals surface area contributed by atoms with Gasteiger partial charge >= 0.3 is 6.09 Å². The predicted molar refractivity (Wildman–Crippen MR) is 54.0 cm³/mol. The van der Waals surface area contributed by atoms with E-state index in [9.17, 15) is 9.18 Å². The molecule has 0 aromatic carbocycles. The lowest BCUT2D eigenvalue weighted by atomic mass is 10.1. The van der Waals surface area contributed by atoms with Crippen LogP contribution in [0.15, 0.2) is 0 Å². The van der Waals surface area contributed by atoms with Crippen LogP contribution in [-0.4, -0.2) is 25.9 Å². The zero-order valence-electron chi connectivity index (χ0n) is 9.01. The Bertz CT molecular complexity index is 151. The molecule has 0 aliphatic carbocycles. The molecule has 0 saturated heterocycles. The molecule has 1 amide bonds. The minimum atomic E-state index is -0.624. The number of rotatable bonds is 7. The van der Waals surface area contributed by atoms with Crippen molar-refractivity contribution in [2.45, 2.75) is 33.1 Å². The number of carbonyl (C=O) groups is 1. The second kappa shape index (κ2) is 8.78. The summed E-state index contributed by atoms with van der Waals surface area (Å²) in [6, 6.07) is 0. The molecule has 0 atom stereocenters. The first-order chi connectivity index (χ1) is 6.66. The van der Waals surface area contributed by atoms with E-state index in [0.717, 1.165) is 12.8 Å². The zero-order valence-corrected chi connectivity index (χ0v) is 9.01. The average molecular weight is 205 g/mol. The van der Waals surface area contributed by atoms with Crippen LogP contribution in [0.25, 0.3) is 0 Å². The third kappa shape index (κ3) is 9.29. The maximum atomic E-state index is 11.6. The summed E-state index contributed by atoms with van der Waals surface area (Å²) in [4.78, 5) is 10.8. The van der Waals surface area contributed by atoms with Gasteiger partial charge < -0.3 is 10.1 Å². The number of hydrogen-bond donors (Lipinski definition) is 1. The standard InChI is InChI=1S/C10H20FNO2/c1-9(2)5-3-4-7-12-10(13)14-8-6-11/h9H,3-8H2,1-2H3,(H,12,13). The fourth-order valence-electron chi connectivity index (χ4n) is 1.05. The molecule has 0 aliphatic heterocycles. The summed E-state index contributed by atoms with van der Waals surface area (Å²) in [6.45, 7) is 4.17. The number of unbranched alkanes of at least 4 members (excludes halogenated alkanes) is 1. The van der Waals surface area contributed by atoms with Crippen LogP contribution in [0, 0.1) is 5.92 Å². The topological polar surface area (TPSA) is 38.3 Å². The van der Waals surface area contributed by atoms with Gasteiger partial charge in [-0.1, -0.05) is 26.7 Å². The summed E-state index contributed by atoms with van der Waals surface area (Å²) < 4.78 is 16.1. The first-order valence-electron chi connectivity index (χ1n) is 5.13. The number of halogens is 1. The van der Waals surface area contributed by atoms with Crippen molar-refractivity contribution in [3.63, 3.8) is 0 Å². The van der Waals surface area contributed by atoms with Gasteiger partial charge in [-0.3, -0.25) is 0 Å². The van der Waals surface area contributed by atoms with Crippen molar-refractivity contribution in [2.75, 3.05) is 19.8 Å². The number of alkyl halides is 1. The summed E-state index contributed by atoms with van der Waals surface area (Å²) in [5, 5.41) is 2.56. The van der Waals surface area contributed by atoms with Crippen molar-refractivity contribution < 1.29 is 13.9 Å². The molecule has 0 fully saturated rings. The Morgan fingerprint density at radius 2 is 2.14 bits per heavy atom. The molecular weight excluding hydrogens is 185 g/mol. The molecule has 0 spiro atoms. The Balaban J connectivity index is 3.15. The summed E-state index contributed by atoms with van der Waals surface area (Å²) in [7, 11) is 0. The van der Waals surface area contributed by atoms with Crippen molar-refractivity contribution in [1.82, 2.24) is 5.32 Å². The van der Waals surface area contributed by atoms with Gasteiger partial charge in [0.15, 0.2) is 0 Å². The minimum Gasteiger partial charge on any atom is -0.447 e. The van der Waals surface area contributed by atoms with E-state index in [0.29, 0.717) is 12.5 Å². The third-order valence-electron chi connectivity index (χ3n) is 1.79. The summed E-state index contributed by atoms with van der Waals surface area (Å²) in [5.74, 6) is 0.702. The Kier molecular flexibility index (Phi) is 8.28. The van der Waals surface area contributed by atoms with E-state index in [1.165, 1.54) is 6.42 Å². The highest BCUT2D eigenvalue weighted by Crippen LogP contribution is 2.04. The number of amides is 1. The zero-order chi connectivity index (χ0) is 10.8. The molecule has 0 aliphatic rings. The first kappa shape index (κ1) is 13.2. The largest absolute Gasteiger partial charge is 0.447 e. The third-order valence-corrected chi connectivity index (χ3v) is 1.79. The molecule has 84 valence electrons. The molecule has 0 saturated carbocycles. The molecule has 0 radical (unpaired) electrons. The smallest absolute Gasteiger partial charge is 0.407 e. The van der Waals surface area contributed by atoms with Gasteiger partial charge in [-0.2, -0.15) is 0 Å². The van der Waals surface area contributed by atoms with Crippen molar-refractivity contribution >= 4 is 6.09 Å². The van der Waals surface area contributed by atoms with E-state index >= 15 is 0 Å². The van der Waals surface area contributed by atoms with Crippen LogP contribution < -0.4 is 5.32 Å². The predicted octanol–water partition coefficient (Wildman–Crippen LogP) is 2.51. The highest BCUT2D eigenvalue weighted by atomic mass is 19.1. The van der Waals surface area contributed by atoms with Gasteiger partial charge in [0.25, 0.3) is 0 Å². The maximum Gasteiger partial charge on any atom is 0.407 e. The second-order valence-corrected chi connectivity index (χ2v) is 3.64. The van der Waals surface area contributed by atoms with Crippen LogP contribution in [-0.2, 0) is 4.74 Å². The van der Waals surface area contributed by atoms with Crippen molar-refractivity contribution in [3.8, 4) is 0 Å². The average Bonchev–Trinajstić information content (AvgIpc) is 2.13. The minimum absolute atomic E-state index is 0.155. The van der Waals surface area contributed by atoms with Gasteiger partial charge in [0.2, 0.25) is 0 Å². The van der Waals surface area contributed by atoms with E-state index in [-0.39, 0.29) is 6.61 Å². The molecule has 0 aromatic heterocycles. The van der Waals surface area contributed by atoms with Gasteiger partial charge in [-0.25, -0.2) is 9.18 Å². The monoisotopic (exact) mass is 205 g/mol. The Morgan fingerprint density at radius 3 is 2.71 bits per heavy atom. The molecule has 0 unspecified atom stereocenters. The van der Waals surface area contributed by atoms with Crippen LogP contribution in [0.2, 0.25) is 0 Å². The first-order valence-corrected chi connectivity index (χ1v) is 5.13. The Hall–Kier alpha value is -0.800. The number of hydrogen-bond acceptors (Lipinski definition) is 2. The van der Waals surface area contributed by atoms with Crippen LogP contribution >= 0.6 is 0 Å². The van der Waals surface area contributed by atoms with E-state index in [1.54, 1.807) is 0 Å². The molecule has 1 N–H and O–H groups in total. The molecule has 0 heterocycles. The summed E-state index contributed by atoms with van der Waals surface area (Å²) in [5.41, 5.74) is 0.